The Balaban J connectivity index is 1.34. The molecule has 0 radical (unpaired) electrons. The fourth-order valence-electron chi connectivity index (χ4n) is 6.20. The summed E-state index contributed by atoms with van der Waals surface area (Å²) in [6, 6.07) is 27.7. The number of primary sulfonamides is 1. The number of aliphatic hydroxyl groups excluding tert-OH is 1. The number of carboxylic acids is 1. The number of benzene rings is 4. The van der Waals surface area contributed by atoms with Crippen LogP contribution in [0.1, 0.15) is 52.3 Å². The van der Waals surface area contributed by atoms with E-state index in [1.165, 1.54) is 13.1 Å². The van der Waals surface area contributed by atoms with Crippen LogP contribution in [0.25, 0.3) is 22.3 Å². The summed E-state index contributed by atoms with van der Waals surface area (Å²) in [6.07, 6.45) is 3.50. The Morgan fingerprint density at radius 3 is 2.26 bits per heavy atom. The highest BCUT2D eigenvalue weighted by Gasteiger charge is 2.32. The zero-order chi connectivity index (χ0) is 41.2. The lowest BCUT2D eigenvalue weighted by Gasteiger charge is -2.25. The molecular formula is C43H46ClN5O7S. The van der Waals surface area contributed by atoms with E-state index >= 15 is 0 Å². The van der Waals surface area contributed by atoms with Crippen LogP contribution in [0.5, 0.6) is 11.5 Å². The summed E-state index contributed by atoms with van der Waals surface area (Å²) >= 11 is 6.75. The summed E-state index contributed by atoms with van der Waals surface area (Å²) in [4.78, 5) is 15.9. The van der Waals surface area contributed by atoms with Gasteiger partial charge in [-0.15, -0.1) is 0 Å². The van der Waals surface area contributed by atoms with Gasteiger partial charge in [0.15, 0.2) is 0 Å². The van der Waals surface area contributed by atoms with Crippen molar-refractivity contribution >= 4 is 27.6 Å². The number of carboxylic acid groups (broad SMARTS) is 1. The number of nitriles is 1. The van der Waals surface area contributed by atoms with Gasteiger partial charge in [-0.1, -0.05) is 72.3 Å². The van der Waals surface area contributed by atoms with Gasteiger partial charge in [0.2, 0.25) is 10.0 Å². The summed E-state index contributed by atoms with van der Waals surface area (Å²) in [5.41, 5.74) is 8.50. The minimum atomic E-state index is -3.46. The second kappa shape index (κ2) is 19.2. The van der Waals surface area contributed by atoms with Crippen molar-refractivity contribution < 1.29 is 32.9 Å². The van der Waals surface area contributed by atoms with Crippen LogP contribution in [-0.2, 0) is 41.1 Å². The average molecular weight is 812 g/mol. The molecule has 0 saturated heterocycles. The van der Waals surface area contributed by atoms with Crippen LogP contribution in [-0.4, -0.2) is 54.0 Å². The van der Waals surface area contributed by atoms with E-state index in [1.807, 2.05) is 18.2 Å². The van der Waals surface area contributed by atoms with Gasteiger partial charge in [0.1, 0.15) is 36.3 Å². The van der Waals surface area contributed by atoms with Crippen molar-refractivity contribution in [1.82, 2.24) is 15.6 Å². The quantitative estimate of drug-likeness (QED) is 0.0578. The highest BCUT2D eigenvalue weighted by Crippen LogP contribution is 2.37. The molecule has 1 atom stereocenters. The number of nitrogens with one attached hydrogen (secondary N) is 2. The summed E-state index contributed by atoms with van der Waals surface area (Å²) in [5, 5.41) is 40.3. The fourth-order valence-corrected chi connectivity index (χ4v) is 6.99. The number of nitrogens with zero attached hydrogens (tertiary/aromatic N) is 2. The molecular weight excluding hydrogens is 766 g/mol. The molecule has 6 N–H and O–H groups in total. The fraction of sp³-hybridized carbons (Fsp3) is 0.279. The molecule has 0 aliphatic carbocycles. The number of aliphatic carboxylic acids is 1. The Morgan fingerprint density at radius 1 is 0.895 bits per heavy atom. The molecule has 0 spiro atoms. The van der Waals surface area contributed by atoms with Gasteiger partial charge in [-0.25, -0.2) is 13.6 Å². The van der Waals surface area contributed by atoms with Crippen molar-refractivity contribution in [1.29, 1.82) is 5.26 Å². The lowest BCUT2D eigenvalue weighted by Crippen LogP contribution is -2.52. The highest BCUT2D eigenvalue weighted by molar-refractivity contribution is 7.89. The van der Waals surface area contributed by atoms with Crippen molar-refractivity contribution in [3.05, 3.63) is 135 Å². The molecule has 12 nitrogen and oxygen atoms in total. The molecule has 5 rings (SSSR count). The lowest BCUT2D eigenvalue weighted by atomic mass is 9.89. The third kappa shape index (κ3) is 11.4. The van der Waals surface area contributed by atoms with Gasteiger partial charge in [0, 0.05) is 42.7 Å². The third-order valence-electron chi connectivity index (χ3n) is 9.72. The largest absolute Gasteiger partial charge is 0.488 e. The average Bonchev–Trinajstić information content (AvgIpc) is 3.19. The maximum absolute atomic E-state index is 11.8. The van der Waals surface area contributed by atoms with Crippen LogP contribution < -0.4 is 25.2 Å². The SMILES string of the molecule is Cc1c(COc2cc(OCc3cncc(C#N)c3)c(CN[C@@](C)(CO)C(=O)O)cc2Cl)cccc1-c1cccc(-c2ccc(CNCCCS(N)(=O)=O)cc2)c1C. The van der Waals surface area contributed by atoms with Crippen LogP contribution >= 0.6 is 11.6 Å². The summed E-state index contributed by atoms with van der Waals surface area (Å²) < 4.78 is 34.8. The van der Waals surface area contributed by atoms with Crippen molar-refractivity contribution in [2.75, 3.05) is 18.9 Å². The van der Waals surface area contributed by atoms with E-state index in [2.05, 4.69) is 78.0 Å². The predicted molar refractivity (Wildman–Crippen MR) is 220 cm³/mol. The number of hydrogen-bond acceptors (Lipinski definition) is 10. The first-order chi connectivity index (χ1) is 27.2. The second-order valence-corrected chi connectivity index (χ2v) is 16.1. The maximum Gasteiger partial charge on any atom is 0.326 e. The molecule has 0 fully saturated rings. The van der Waals surface area contributed by atoms with Gasteiger partial charge in [0.25, 0.3) is 0 Å². The number of pyridine rings is 1. The number of hydrogen-bond donors (Lipinski definition) is 5. The molecule has 1 heterocycles. The van der Waals surface area contributed by atoms with Crippen molar-refractivity contribution in [2.45, 2.75) is 59.0 Å². The van der Waals surface area contributed by atoms with Crippen molar-refractivity contribution in [3.63, 3.8) is 0 Å². The number of halogens is 1. The van der Waals surface area contributed by atoms with E-state index in [1.54, 1.807) is 24.4 Å². The molecule has 298 valence electrons. The van der Waals surface area contributed by atoms with E-state index in [9.17, 15) is 28.7 Å². The Bertz CT molecular complexity index is 2370. The maximum atomic E-state index is 11.8. The topological polar surface area (TPSA) is 197 Å². The predicted octanol–water partition coefficient (Wildman–Crippen LogP) is 6.41. The third-order valence-corrected chi connectivity index (χ3v) is 10.9. The molecule has 57 heavy (non-hydrogen) atoms. The number of aromatic nitrogens is 1. The zero-order valence-corrected chi connectivity index (χ0v) is 33.6. The van der Waals surface area contributed by atoms with Gasteiger partial charge in [0.05, 0.1) is 22.9 Å². The molecule has 0 aliphatic heterocycles. The minimum Gasteiger partial charge on any atom is -0.488 e. The Labute approximate surface area is 338 Å². The van der Waals surface area contributed by atoms with E-state index in [-0.39, 0.29) is 30.5 Å². The first-order valence-corrected chi connectivity index (χ1v) is 20.3. The van der Waals surface area contributed by atoms with Crippen LogP contribution in [0.4, 0.5) is 0 Å². The monoisotopic (exact) mass is 811 g/mol. The first kappa shape index (κ1) is 42.8. The van der Waals surface area contributed by atoms with E-state index in [0.29, 0.717) is 47.7 Å². The van der Waals surface area contributed by atoms with Crippen molar-refractivity contribution in [3.8, 4) is 39.8 Å². The van der Waals surface area contributed by atoms with Gasteiger partial charge in [-0.05, 0) is 90.4 Å². The molecule has 0 aliphatic rings. The van der Waals surface area contributed by atoms with E-state index in [0.717, 1.165) is 44.5 Å². The van der Waals surface area contributed by atoms with Crippen LogP contribution in [0.2, 0.25) is 5.02 Å². The molecule has 1 aromatic heterocycles. The van der Waals surface area contributed by atoms with Crippen LogP contribution in [0.3, 0.4) is 0 Å². The first-order valence-electron chi connectivity index (χ1n) is 18.2. The molecule has 4 aromatic carbocycles. The summed E-state index contributed by atoms with van der Waals surface area (Å²) in [7, 11) is -3.46. The lowest BCUT2D eigenvalue weighted by molar-refractivity contribution is -0.145. The molecule has 0 saturated carbocycles. The summed E-state index contributed by atoms with van der Waals surface area (Å²) in [5.74, 6) is -0.535. The normalized spacial score (nSPS) is 12.4. The standard InChI is InChI=1S/C43H46ClN5O7S/c1-28-34(7-4-9-37(28)38-10-5-8-36(29(38)2)33-13-11-30(12-14-33)21-47-15-6-16-57(46,53)54)26-56-41-19-40(55-25-32-17-31(20-45)22-48-23-32)35(18-39(41)44)24-49-43(3,27-50)42(51)52/h4-5,7-14,17-19,22-23,47,49-50H,6,15-16,21,24-27H2,1-3H3,(H,51,52)(H2,46,53,54)/t43-/m0/s1. The molecule has 0 amide bonds. The zero-order valence-electron chi connectivity index (χ0n) is 32.0. The number of nitrogens with two attached hydrogens (primary N) is 1. The summed E-state index contributed by atoms with van der Waals surface area (Å²) in [6.45, 7) is 6.36. The van der Waals surface area contributed by atoms with Crippen molar-refractivity contribution in [2.24, 2.45) is 5.14 Å². The van der Waals surface area contributed by atoms with Gasteiger partial charge in [-0.2, -0.15) is 5.26 Å². The van der Waals surface area contributed by atoms with Crippen LogP contribution in [0, 0.1) is 25.2 Å². The number of aliphatic hydroxyl groups is 1. The number of rotatable bonds is 19. The van der Waals surface area contributed by atoms with E-state index in [4.69, 9.17) is 26.2 Å². The second-order valence-electron chi connectivity index (χ2n) is 14.0. The Hall–Kier alpha value is -5.33. The number of carbonyl (C=O) groups is 1. The molecule has 0 bridgehead atoms. The number of ether oxygens (including phenoxy) is 2. The van der Waals surface area contributed by atoms with Gasteiger partial charge in [-0.3, -0.25) is 15.1 Å². The van der Waals surface area contributed by atoms with Crippen LogP contribution in [0.15, 0.2) is 91.3 Å². The Kier molecular flexibility index (Phi) is 14.4. The highest BCUT2D eigenvalue weighted by atomic mass is 35.5. The molecule has 0 unspecified atom stereocenters. The van der Waals surface area contributed by atoms with Gasteiger partial charge < -0.3 is 25.0 Å². The van der Waals surface area contributed by atoms with E-state index < -0.39 is 28.1 Å². The molecule has 5 aromatic rings. The smallest absolute Gasteiger partial charge is 0.326 e. The molecule has 14 heteroatoms. The van der Waals surface area contributed by atoms with Gasteiger partial charge >= 0.3 is 5.97 Å². The number of sulfonamides is 1. The minimum absolute atomic E-state index is 0.0155. The Morgan fingerprint density at radius 2 is 1.58 bits per heavy atom.